The molecule has 0 atom stereocenters. The molecule has 0 spiro atoms. The SMILES string of the molecule is Cc1cc(C(=O)Nc2c[c]ccc2)on1. The number of carbonyl (C=O) groups is 1. The number of benzene rings is 1. The van der Waals surface area contributed by atoms with Crippen molar-refractivity contribution >= 4 is 11.6 Å². The van der Waals surface area contributed by atoms with Gasteiger partial charge in [-0.15, -0.1) is 0 Å². The van der Waals surface area contributed by atoms with Crippen LogP contribution in [-0.4, -0.2) is 11.1 Å². The van der Waals surface area contributed by atoms with Crippen LogP contribution in [0.15, 0.2) is 34.9 Å². The maximum atomic E-state index is 11.6. The maximum absolute atomic E-state index is 11.6. The van der Waals surface area contributed by atoms with E-state index >= 15 is 0 Å². The van der Waals surface area contributed by atoms with E-state index in [4.69, 9.17) is 4.52 Å². The van der Waals surface area contributed by atoms with Crippen LogP contribution in [0, 0.1) is 13.0 Å². The summed E-state index contributed by atoms with van der Waals surface area (Å²) in [6.45, 7) is 1.76. The van der Waals surface area contributed by atoms with Crippen LogP contribution >= 0.6 is 0 Å². The molecule has 0 aliphatic heterocycles. The summed E-state index contributed by atoms with van der Waals surface area (Å²) in [6, 6.07) is 11.5. The van der Waals surface area contributed by atoms with Crippen LogP contribution < -0.4 is 5.32 Å². The zero-order valence-electron chi connectivity index (χ0n) is 8.15. The first-order valence-electron chi connectivity index (χ1n) is 4.46. The molecule has 0 fully saturated rings. The number of nitrogens with one attached hydrogen (secondary N) is 1. The van der Waals surface area contributed by atoms with Crippen molar-refractivity contribution < 1.29 is 9.32 Å². The van der Waals surface area contributed by atoms with Crippen LogP contribution in [0.1, 0.15) is 16.2 Å². The average molecular weight is 201 g/mol. The summed E-state index contributed by atoms with van der Waals surface area (Å²) < 4.78 is 4.83. The number of rotatable bonds is 2. The van der Waals surface area contributed by atoms with Crippen LogP contribution in [0.25, 0.3) is 0 Å². The van der Waals surface area contributed by atoms with Crippen molar-refractivity contribution in [2.24, 2.45) is 0 Å². The molecule has 2 aromatic rings. The molecule has 1 amide bonds. The fourth-order valence-electron chi connectivity index (χ4n) is 1.13. The van der Waals surface area contributed by atoms with Crippen LogP contribution in [-0.2, 0) is 0 Å². The van der Waals surface area contributed by atoms with Gasteiger partial charge in [0, 0.05) is 11.8 Å². The molecule has 4 heteroatoms. The van der Waals surface area contributed by atoms with Crippen molar-refractivity contribution in [3.8, 4) is 0 Å². The third-order valence-electron chi connectivity index (χ3n) is 1.82. The van der Waals surface area contributed by atoms with Crippen LogP contribution in [0.3, 0.4) is 0 Å². The molecule has 1 heterocycles. The minimum atomic E-state index is -0.310. The van der Waals surface area contributed by atoms with Crippen molar-refractivity contribution in [2.75, 3.05) is 5.32 Å². The Morgan fingerprint density at radius 1 is 1.60 bits per heavy atom. The molecule has 0 saturated carbocycles. The van der Waals surface area contributed by atoms with Crippen molar-refractivity contribution in [1.29, 1.82) is 0 Å². The summed E-state index contributed by atoms with van der Waals surface area (Å²) in [5, 5.41) is 6.30. The predicted octanol–water partition coefficient (Wildman–Crippen LogP) is 2.04. The third-order valence-corrected chi connectivity index (χ3v) is 1.82. The van der Waals surface area contributed by atoms with Crippen LogP contribution in [0.2, 0.25) is 0 Å². The van der Waals surface area contributed by atoms with Gasteiger partial charge >= 0.3 is 0 Å². The Morgan fingerprint density at radius 3 is 3.07 bits per heavy atom. The molecule has 1 radical (unpaired) electrons. The number of aromatic nitrogens is 1. The number of carbonyl (C=O) groups excluding carboxylic acids is 1. The highest BCUT2D eigenvalue weighted by Gasteiger charge is 2.10. The zero-order valence-corrected chi connectivity index (χ0v) is 8.15. The molecule has 2 rings (SSSR count). The lowest BCUT2D eigenvalue weighted by atomic mass is 10.3. The monoisotopic (exact) mass is 201 g/mol. The van der Waals surface area contributed by atoms with Gasteiger partial charge in [-0.2, -0.15) is 0 Å². The van der Waals surface area contributed by atoms with Crippen molar-refractivity contribution in [3.05, 3.63) is 47.9 Å². The minimum absolute atomic E-state index is 0.205. The van der Waals surface area contributed by atoms with E-state index in [1.807, 2.05) is 0 Å². The summed E-state index contributed by atoms with van der Waals surface area (Å²) in [6.07, 6.45) is 0. The largest absolute Gasteiger partial charge is 0.351 e. The smallest absolute Gasteiger partial charge is 0.294 e. The number of aryl methyl sites for hydroxylation is 1. The fraction of sp³-hybridized carbons (Fsp3) is 0.0909. The normalized spacial score (nSPS) is 9.93. The van der Waals surface area contributed by atoms with Gasteiger partial charge in [0.15, 0.2) is 0 Å². The summed E-state index contributed by atoms with van der Waals surface area (Å²) in [7, 11) is 0. The highest BCUT2D eigenvalue weighted by atomic mass is 16.5. The van der Waals surface area contributed by atoms with E-state index in [9.17, 15) is 4.79 Å². The van der Waals surface area contributed by atoms with Crippen molar-refractivity contribution in [2.45, 2.75) is 6.92 Å². The summed E-state index contributed by atoms with van der Waals surface area (Å²) in [5.74, 6) is -0.105. The van der Waals surface area contributed by atoms with E-state index < -0.39 is 0 Å². The zero-order chi connectivity index (χ0) is 10.7. The lowest BCUT2D eigenvalue weighted by molar-refractivity contribution is 0.0988. The summed E-state index contributed by atoms with van der Waals surface area (Å²) >= 11 is 0. The first-order chi connectivity index (χ1) is 7.25. The number of hydrogen-bond acceptors (Lipinski definition) is 3. The molecule has 15 heavy (non-hydrogen) atoms. The first-order valence-corrected chi connectivity index (χ1v) is 4.46. The Balaban J connectivity index is 2.11. The Bertz CT molecular complexity index is 462. The molecule has 0 aliphatic rings. The third kappa shape index (κ3) is 2.22. The van der Waals surface area contributed by atoms with E-state index in [1.54, 1.807) is 37.3 Å². The number of nitrogens with zero attached hydrogens (tertiary/aromatic N) is 1. The van der Waals surface area contributed by atoms with E-state index in [-0.39, 0.29) is 11.7 Å². The standard InChI is InChI=1S/C11H9N2O2/c1-8-7-10(15-13-8)11(14)12-9-5-3-2-4-6-9/h2-3,5-7H,1H3,(H,12,14). The van der Waals surface area contributed by atoms with Crippen LogP contribution in [0.5, 0.6) is 0 Å². The summed E-state index contributed by atoms with van der Waals surface area (Å²) in [4.78, 5) is 11.6. The minimum Gasteiger partial charge on any atom is -0.351 e. The molecule has 1 aromatic heterocycles. The van der Waals surface area contributed by atoms with E-state index in [1.165, 1.54) is 0 Å². The maximum Gasteiger partial charge on any atom is 0.294 e. The Labute approximate surface area is 86.9 Å². The second-order valence-electron chi connectivity index (χ2n) is 3.08. The van der Waals surface area contributed by atoms with E-state index in [2.05, 4.69) is 16.5 Å². The van der Waals surface area contributed by atoms with E-state index in [0.29, 0.717) is 11.4 Å². The van der Waals surface area contributed by atoms with Crippen molar-refractivity contribution in [1.82, 2.24) is 5.16 Å². The molecule has 0 unspecified atom stereocenters. The van der Waals surface area contributed by atoms with Gasteiger partial charge in [-0.1, -0.05) is 17.3 Å². The first kappa shape index (κ1) is 9.45. The number of amides is 1. The molecule has 0 aliphatic carbocycles. The number of anilines is 1. The second kappa shape index (κ2) is 3.96. The second-order valence-corrected chi connectivity index (χ2v) is 3.08. The van der Waals surface area contributed by atoms with Crippen LogP contribution in [0.4, 0.5) is 5.69 Å². The topological polar surface area (TPSA) is 55.1 Å². The molecule has 4 nitrogen and oxygen atoms in total. The van der Waals surface area contributed by atoms with Gasteiger partial charge in [0.1, 0.15) is 0 Å². The molecule has 1 N–H and O–H groups in total. The van der Waals surface area contributed by atoms with E-state index in [0.717, 1.165) is 0 Å². The van der Waals surface area contributed by atoms with Crippen molar-refractivity contribution in [3.63, 3.8) is 0 Å². The molecule has 0 bridgehead atoms. The fourth-order valence-corrected chi connectivity index (χ4v) is 1.13. The molecular formula is C11H9N2O2. The number of hydrogen-bond donors (Lipinski definition) is 1. The highest BCUT2D eigenvalue weighted by molar-refractivity contribution is 6.02. The van der Waals surface area contributed by atoms with Gasteiger partial charge in [0.2, 0.25) is 5.76 Å². The lowest BCUT2D eigenvalue weighted by Crippen LogP contribution is -2.10. The van der Waals surface area contributed by atoms with Gasteiger partial charge in [0.25, 0.3) is 5.91 Å². The highest BCUT2D eigenvalue weighted by Crippen LogP contribution is 2.08. The average Bonchev–Trinajstić information content (AvgIpc) is 2.66. The van der Waals surface area contributed by atoms with Gasteiger partial charge in [-0.25, -0.2) is 0 Å². The van der Waals surface area contributed by atoms with Gasteiger partial charge in [0.05, 0.1) is 5.69 Å². The molecule has 0 saturated heterocycles. The van der Waals surface area contributed by atoms with Gasteiger partial charge in [-0.3, -0.25) is 4.79 Å². The molecular weight excluding hydrogens is 192 g/mol. The Hall–Kier alpha value is -2.10. The van der Waals surface area contributed by atoms with Gasteiger partial charge in [-0.05, 0) is 25.1 Å². The lowest BCUT2D eigenvalue weighted by Gasteiger charge is -2.00. The Kier molecular flexibility index (Phi) is 2.49. The molecule has 75 valence electrons. The quantitative estimate of drug-likeness (QED) is 0.808. The molecule has 1 aromatic carbocycles. The Morgan fingerprint density at radius 2 is 2.47 bits per heavy atom. The summed E-state index contributed by atoms with van der Waals surface area (Å²) in [5.41, 5.74) is 1.36. The van der Waals surface area contributed by atoms with Gasteiger partial charge < -0.3 is 9.84 Å². The predicted molar refractivity (Wildman–Crippen MR) is 54.5 cm³/mol.